The van der Waals surface area contributed by atoms with E-state index < -0.39 is 0 Å². The van der Waals surface area contributed by atoms with Crippen molar-refractivity contribution in [2.24, 2.45) is 0 Å². The Morgan fingerprint density at radius 3 is 2.68 bits per heavy atom. The number of hydrogen-bond donors (Lipinski definition) is 1. The molecule has 1 fully saturated rings. The molecule has 4 rings (SSSR count). The number of aromatic nitrogens is 2. The van der Waals surface area contributed by atoms with Crippen LogP contribution in [0.2, 0.25) is 0 Å². The highest BCUT2D eigenvalue weighted by atomic mass is 32.2. The molecule has 1 saturated heterocycles. The summed E-state index contributed by atoms with van der Waals surface area (Å²) < 4.78 is 0. The maximum Gasteiger partial charge on any atom is 0.228 e. The zero-order chi connectivity index (χ0) is 14.9. The highest BCUT2D eigenvalue weighted by Crippen LogP contribution is 2.38. The third-order valence-corrected chi connectivity index (χ3v) is 6.71. The van der Waals surface area contributed by atoms with Crippen LogP contribution in [0.3, 0.4) is 0 Å². The lowest BCUT2D eigenvalue weighted by Crippen LogP contribution is -2.33. The van der Waals surface area contributed by atoms with Gasteiger partial charge in [0, 0.05) is 36.5 Å². The minimum atomic E-state index is 0.911. The van der Waals surface area contributed by atoms with Crippen LogP contribution < -0.4 is 10.2 Å². The maximum atomic E-state index is 4.93. The van der Waals surface area contributed by atoms with Crippen molar-refractivity contribution in [1.29, 1.82) is 0 Å². The number of anilines is 2. The molecule has 1 aliphatic heterocycles. The molecule has 0 spiro atoms. The lowest BCUT2D eigenvalue weighted by Gasteiger charge is -2.26. The van der Waals surface area contributed by atoms with E-state index >= 15 is 0 Å². The molecule has 118 valence electrons. The van der Waals surface area contributed by atoms with Crippen LogP contribution in [-0.2, 0) is 12.8 Å². The van der Waals surface area contributed by atoms with E-state index in [1.165, 1.54) is 59.4 Å². The van der Waals surface area contributed by atoms with Crippen LogP contribution in [0.15, 0.2) is 0 Å². The third kappa shape index (κ3) is 2.56. The monoisotopic (exact) mass is 334 g/mol. The molecule has 0 bridgehead atoms. The summed E-state index contributed by atoms with van der Waals surface area (Å²) in [5.74, 6) is 4.29. The number of fused-ring (bicyclic) bond motifs is 3. The molecule has 2 aliphatic rings. The SMILES string of the molecule is CNc1nc(N2CCSCC2)nc2sc3c(c12)CCCCC3. The van der Waals surface area contributed by atoms with Crippen molar-refractivity contribution in [1.82, 2.24) is 9.97 Å². The standard InChI is InChI=1S/C16H22N4S2/c1-17-14-13-11-5-3-2-4-6-12(11)22-15(13)19-16(18-14)20-7-9-21-10-8-20/h2-10H2,1H3,(H,17,18,19). The zero-order valence-electron chi connectivity index (χ0n) is 13.0. The summed E-state index contributed by atoms with van der Waals surface area (Å²) in [6, 6.07) is 0. The second kappa shape index (κ2) is 6.24. The van der Waals surface area contributed by atoms with Gasteiger partial charge in [-0.05, 0) is 31.2 Å². The molecule has 1 aliphatic carbocycles. The Kier molecular flexibility index (Phi) is 4.13. The predicted octanol–water partition coefficient (Wildman–Crippen LogP) is 3.56. The van der Waals surface area contributed by atoms with Gasteiger partial charge in [0.25, 0.3) is 0 Å². The van der Waals surface area contributed by atoms with E-state index in [1.807, 2.05) is 30.1 Å². The number of nitrogens with zero attached hydrogens (tertiary/aromatic N) is 3. The zero-order valence-corrected chi connectivity index (χ0v) is 14.7. The van der Waals surface area contributed by atoms with Crippen molar-refractivity contribution < 1.29 is 0 Å². The fraction of sp³-hybridized carbons (Fsp3) is 0.625. The topological polar surface area (TPSA) is 41.1 Å². The summed E-state index contributed by atoms with van der Waals surface area (Å²) in [5, 5.41) is 4.62. The van der Waals surface area contributed by atoms with Crippen molar-refractivity contribution in [2.75, 3.05) is 41.9 Å². The lowest BCUT2D eigenvalue weighted by atomic mass is 10.1. The highest BCUT2D eigenvalue weighted by Gasteiger charge is 2.22. The molecule has 22 heavy (non-hydrogen) atoms. The summed E-state index contributed by atoms with van der Waals surface area (Å²) in [6.07, 6.45) is 6.37. The van der Waals surface area contributed by atoms with Crippen molar-refractivity contribution in [3.8, 4) is 0 Å². The summed E-state index contributed by atoms with van der Waals surface area (Å²) >= 11 is 3.92. The van der Waals surface area contributed by atoms with E-state index in [0.29, 0.717) is 0 Å². The van der Waals surface area contributed by atoms with Crippen LogP contribution in [0.25, 0.3) is 10.2 Å². The molecule has 0 radical (unpaired) electrons. The number of hydrogen-bond acceptors (Lipinski definition) is 6. The highest BCUT2D eigenvalue weighted by molar-refractivity contribution is 7.99. The normalized spacial score (nSPS) is 19.0. The van der Waals surface area contributed by atoms with Crippen LogP contribution in [0.1, 0.15) is 29.7 Å². The summed E-state index contributed by atoms with van der Waals surface area (Å²) in [7, 11) is 1.98. The van der Waals surface area contributed by atoms with Gasteiger partial charge in [-0.25, -0.2) is 4.98 Å². The third-order valence-electron chi connectivity index (χ3n) is 4.58. The van der Waals surface area contributed by atoms with Crippen LogP contribution in [0, 0.1) is 0 Å². The van der Waals surface area contributed by atoms with E-state index in [9.17, 15) is 0 Å². The van der Waals surface area contributed by atoms with E-state index in [2.05, 4.69) is 10.2 Å². The number of aryl methyl sites for hydroxylation is 2. The lowest BCUT2D eigenvalue weighted by molar-refractivity contribution is 0.713. The molecule has 2 aromatic heterocycles. The number of thiophene rings is 1. The second-order valence-corrected chi connectivity index (χ2v) is 8.27. The van der Waals surface area contributed by atoms with Gasteiger partial charge in [-0.15, -0.1) is 11.3 Å². The van der Waals surface area contributed by atoms with Crippen molar-refractivity contribution in [2.45, 2.75) is 32.1 Å². The number of thioether (sulfide) groups is 1. The van der Waals surface area contributed by atoms with Crippen molar-refractivity contribution in [3.63, 3.8) is 0 Å². The Morgan fingerprint density at radius 2 is 1.86 bits per heavy atom. The van der Waals surface area contributed by atoms with Crippen molar-refractivity contribution in [3.05, 3.63) is 10.4 Å². The fourth-order valence-corrected chi connectivity index (χ4v) is 5.57. The van der Waals surface area contributed by atoms with Gasteiger partial charge in [-0.3, -0.25) is 0 Å². The minimum absolute atomic E-state index is 0.911. The summed E-state index contributed by atoms with van der Waals surface area (Å²) in [6.45, 7) is 2.12. The minimum Gasteiger partial charge on any atom is -0.372 e. The smallest absolute Gasteiger partial charge is 0.228 e. The van der Waals surface area contributed by atoms with Gasteiger partial charge >= 0.3 is 0 Å². The van der Waals surface area contributed by atoms with Crippen LogP contribution >= 0.6 is 23.1 Å². The molecule has 3 heterocycles. The van der Waals surface area contributed by atoms with Gasteiger partial charge in [-0.2, -0.15) is 16.7 Å². The van der Waals surface area contributed by atoms with Gasteiger partial charge in [0.15, 0.2) is 0 Å². The van der Waals surface area contributed by atoms with E-state index in [-0.39, 0.29) is 0 Å². The molecule has 0 amide bonds. The fourth-order valence-electron chi connectivity index (χ4n) is 3.41. The Labute approximate surface area is 139 Å². The Bertz CT molecular complexity index is 676. The van der Waals surface area contributed by atoms with Gasteiger partial charge in [0.1, 0.15) is 10.6 Å². The molecule has 1 N–H and O–H groups in total. The largest absolute Gasteiger partial charge is 0.372 e. The first-order chi connectivity index (χ1) is 10.9. The molecule has 0 unspecified atom stereocenters. The molecule has 0 atom stereocenters. The van der Waals surface area contributed by atoms with Crippen LogP contribution in [-0.4, -0.2) is 41.6 Å². The molecule has 6 heteroatoms. The van der Waals surface area contributed by atoms with Gasteiger partial charge < -0.3 is 10.2 Å². The van der Waals surface area contributed by atoms with Gasteiger partial charge in [-0.1, -0.05) is 6.42 Å². The Morgan fingerprint density at radius 1 is 1.05 bits per heavy atom. The van der Waals surface area contributed by atoms with E-state index in [1.54, 1.807) is 4.88 Å². The summed E-state index contributed by atoms with van der Waals surface area (Å²) in [5.41, 5.74) is 1.52. The van der Waals surface area contributed by atoms with Crippen molar-refractivity contribution >= 4 is 45.1 Å². The molecular weight excluding hydrogens is 312 g/mol. The average Bonchev–Trinajstić information content (AvgIpc) is 2.76. The van der Waals surface area contributed by atoms with Crippen LogP contribution in [0.4, 0.5) is 11.8 Å². The number of rotatable bonds is 2. The molecule has 2 aromatic rings. The quantitative estimate of drug-likeness (QED) is 0.851. The summed E-state index contributed by atoms with van der Waals surface area (Å²) in [4.78, 5) is 14.8. The average molecular weight is 335 g/mol. The van der Waals surface area contributed by atoms with Crippen LogP contribution in [0.5, 0.6) is 0 Å². The predicted molar refractivity (Wildman–Crippen MR) is 97.8 cm³/mol. The number of nitrogens with one attached hydrogen (secondary N) is 1. The molecule has 0 aromatic carbocycles. The van der Waals surface area contributed by atoms with E-state index in [4.69, 9.17) is 9.97 Å². The maximum absolute atomic E-state index is 4.93. The Balaban J connectivity index is 1.82. The second-order valence-electron chi connectivity index (χ2n) is 5.97. The first kappa shape index (κ1) is 14.6. The molecule has 4 nitrogen and oxygen atoms in total. The van der Waals surface area contributed by atoms with Gasteiger partial charge in [0.2, 0.25) is 5.95 Å². The van der Waals surface area contributed by atoms with E-state index in [0.717, 1.165) is 24.9 Å². The van der Waals surface area contributed by atoms with Gasteiger partial charge in [0.05, 0.1) is 5.39 Å². The molecular formula is C16H22N4S2. The Hall–Kier alpha value is -1.01. The molecule has 0 saturated carbocycles. The first-order valence-corrected chi connectivity index (χ1v) is 10.2. The first-order valence-electron chi connectivity index (χ1n) is 8.19.